The summed E-state index contributed by atoms with van der Waals surface area (Å²) in [5.74, 6) is 0.265. The van der Waals surface area contributed by atoms with Crippen molar-refractivity contribution < 1.29 is 9.90 Å². The third-order valence-corrected chi connectivity index (χ3v) is 3.80. The number of aryl methyl sites for hydroxylation is 1. The first-order chi connectivity index (χ1) is 8.44. The van der Waals surface area contributed by atoms with Crippen LogP contribution in [0.4, 0.5) is 5.69 Å². The molecule has 1 heterocycles. The van der Waals surface area contributed by atoms with Crippen molar-refractivity contribution >= 4 is 24.0 Å². The number of halogens is 1. The molecule has 106 valence electrons. The van der Waals surface area contributed by atoms with Gasteiger partial charge >= 0.3 is 0 Å². The largest absolute Gasteiger partial charge is 0.507 e. The van der Waals surface area contributed by atoms with Crippen LogP contribution in [0, 0.1) is 19.3 Å². The van der Waals surface area contributed by atoms with Gasteiger partial charge in [0.05, 0.1) is 5.41 Å². The van der Waals surface area contributed by atoms with Crippen molar-refractivity contribution in [2.75, 3.05) is 18.4 Å². The molecular weight excluding hydrogens is 264 g/mol. The SMILES string of the molecule is Cc1ccc(NC(=O)C2(C)CCNC2)c(C)c1O.Cl. The highest BCUT2D eigenvalue weighted by Crippen LogP contribution is 2.31. The van der Waals surface area contributed by atoms with Crippen molar-refractivity contribution in [3.05, 3.63) is 23.3 Å². The Labute approximate surface area is 120 Å². The normalized spacial score (nSPS) is 21.8. The summed E-state index contributed by atoms with van der Waals surface area (Å²) in [6.45, 7) is 7.20. The second-order valence-electron chi connectivity index (χ2n) is 5.35. The van der Waals surface area contributed by atoms with Crippen LogP contribution in [0.5, 0.6) is 5.75 Å². The average Bonchev–Trinajstić information content (AvgIpc) is 2.78. The lowest BCUT2D eigenvalue weighted by Gasteiger charge is -2.22. The van der Waals surface area contributed by atoms with E-state index in [9.17, 15) is 9.90 Å². The van der Waals surface area contributed by atoms with Gasteiger partial charge in [-0.15, -0.1) is 12.4 Å². The van der Waals surface area contributed by atoms with E-state index in [1.54, 1.807) is 0 Å². The lowest BCUT2D eigenvalue weighted by atomic mass is 9.88. The molecule has 0 spiro atoms. The number of rotatable bonds is 2. The number of hydrogen-bond acceptors (Lipinski definition) is 3. The van der Waals surface area contributed by atoms with Crippen molar-refractivity contribution in [2.45, 2.75) is 27.2 Å². The van der Waals surface area contributed by atoms with E-state index in [1.807, 2.05) is 32.9 Å². The van der Waals surface area contributed by atoms with Gasteiger partial charge in [-0.3, -0.25) is 4.79 Å². The van der Waals surface area contributed by atoms with Crippen LogP contribution in [0.2, 0.25) is 0 Å². The van der Waals surface area contributed by atoms with Crippen LogP contribution in [0.1, 0.15) is 24.5 Å². The summed E-state index contributed by atoms with van der Waals surface area (Å²) in [5, 5.41) is 16.0. The highest BCUT2D eigenvalue weighted by molar-refractivity contribution is 5.96. The van der Waals surface area contributed by atoms with E-state index >= 15 is 0 Å². The van der Waals surface area contributed by atoms with E-state index in [-0.39, 0.29) is 29.5 Å². The Bertz CT molecular complexity index is 483. The smallest absolute Gasteiger partial charge is 0.231 e. The summed E-state index contributed by atoms with van der Waals surface area (Å²) in [7, 11) is 0. The molecule has 0 aromatic heterocycles. The van der Waals surface area contributed by atoms with Gasteiger partial charge in [-0.05, 0) is 45.4 Å². The molecule has 1 fully saturated rings. The van der Waals surface area contributed by atoms with Crippen molar-refractivity contribution in [3.8, 4) is 5.75 Å². The Morgan fingerprint density at radius 1 is 1.42 bits per heavy atom. The molecule has 1 aromatic carbocycles. The molecule has 1 atom stereocenters. The van der Waals surface area contributed by atoms with Gasteiger partial charge in [0, 0.05) is 17.8 Å². The minimum atomic E-state index is -0.354. The number of amides is 1. The molecule has 1 unspecified atom stereocenters. The number of aromatic hydroxyl groups is 1. The minimum Gasteiger partial charge on any atom is -0.507 e. The summed E-state index contributed by atoms with van der Waals surface area (Å²) in [6.07, 6.45) is 0.843. The second kappa shape index (κ2) is 5.80. The topological polar surface area (TPSA) is 61.4 Å². The lowest BCUT2D eigenvalue weighted by Crippen LogP contribution is -2.35. The fourth-order valence-corrected chi connectivity index (χ4v) is 2.25. The minimum absolute atomic E-state index is 0. The molecule has 19 heavy (non-hydrogen) atoms. The zero-order chi connectivity index (χ0) is 13.3. The maximum absolute atomic E-state index is 12.3. The van der Waals surface area contributed by atoms with Crippen LogP contribution in [-0.4, -0.2) is 24.1 Å². The predicted molar refractivity (Wildman–Crippen MR) is 79.1 cm³/mol. The highest BCUT2D eigenvalue weighted by Gasteiger charge is 2.36. The Hall–Kier alpha value is -1.26. The number of phenolic OH excluding ortho intramolecular Hbond substituents is 1. The van der Waals surface area contributed by atoms with Crippen LogP contribution >= 0.6 is 12.4 Å². The molecule has 4 nitrogen and oxygen atoms in total. The third kappa shape index (κ3) is 3.01. The number of nitrogens with one attached hydrogen (secondary N) is 2. The molecule has 1 aliphatic heterocycles. The number of carbonyl (C=O) groups excluding carboxylic acids is 1. The van der Waals surface area contributed by atoms with Crippen LogP contribution in [0.15, 0.2) is 12.1 Å². The Balaban J connectivity index is 0.00000180. The van der Waals surface area contributed by atoms with Gasteiger partial charge in [0.1, 0.15) is 5.75 Å². The van der Waals surface area contributed by atoms with Crippen molar-refractivity contribution in [1.29, 1.82) is 0 Å². The molecule has 0 bridgehead atoms. The molecule has 1 amide bonds. The van der Waals surface area contributed by atoms with Gasteiger partial charge in [0.2, 0.25) is 5.91 Å². The quantitative estimate of drug-likeness (QED) is 0.781. The Morgan fingerprint density at radius 3 is 2.68 bits per heavy atom. The summed E-state index contributed by atoms with van der Waals surface area (Å²) in [5.41, 5.74) is 1.88. The van der Waals surface area contributed by atoms with Crippen molar-refractivity contribution in [2.24, 2.45) is 5.41 Å². The molecule has 0 saturated carbocycles. The van der Waals surface area contributed by atoms with Crippen LogP contribution in [-0.2, 0) is 4.79 Å². The van der Waals surface area contributed by atoms with Gasteiger partial charge in [0.25, 0.3) is 0 Å². The van der Waals surface area contributed by atoms with Crippen LogP contribution in [0.25, 0.3) is 0 Å². The molecule has 1 saturated heterocycles. The third-order valence-electron chi connectivity index (χ3n) is 3.80. The van der Waals surface area contributed by atoms with E-state index in [4.69, 9.17) is 0 Å². The standard InChI is InChI=1S/C14H20N2O2.ClH/c1-9-4-5-11(10(2)12(9)17)16-13(18)14(3)6-7-15-8-14;/h4-5,15,17H,6-8H2,1-3H3,(H,16,18);1H. The van der Waals surface area contributed by atoms with E-state index in [2.05, 4.69) is 10.6 Å². The van der Waals surface area contributed by atoms with E-state index in [0.717, 1.165) is 24.1 Å². The number of hydrogen-bond donors (Lipinski definition) is 3. The van der Waals surface area contributed by atoms with Crippen molar-refractivity contribution in [1.82, 2.24) is 5.32 Å². The number of phenols is 1. The lowest BCUT2D eigenvalue weighted by molar-refractivity contribution is -0.123. The first kappa shape index (κ1) is 15.8. The fraction of sp³-hybridized carbons (Fsp3) is 0.500. The number of carbonyl (C=O) groups is 1. The fourth-order valence-electron chi connectivity index (χ4n) is 2.25. The molecule has 1 aromatic rings. The van der Waals surface area contributed by atoms with Crippen molar-refractivity contribution in [3.63, 3.8) is 0 Å². The van der Waals surface area contributed by atoms with Gasteiger partial charge in [0.15, 0.2) is 0 Å². The number of anilines is 1. The molecule has 3 N–H and O–H groups in total. The zero-order valence-electron chi connectivity index (χ0n) is 11.5. The first-order valence-electron chi connectivity index (χ1n) is 6.25. The van der Waals surface area contributed by atoms with Gasteiger partial charge in [-0.2, -0.15) is 0 Å². The summed E-state index contributed by atoms with van der Waals surface area (Å²) in [4.78, 5) is 12.3. The van der Waals surface area contributed by atoms with Gasteiger partial charge in [-0.25, -0.2) is 0 Å². The number of benzene rings is 1. The van der Waals surface area contributed by atoms with E-state index in [1.165, 1.54) is 0 Å². The van der Waals surface area contributed by atoms with Gasteiger partial charge in [-0.1, -0.05) is 6.07 Å². The molecule has 5 heteroatoms. The molecule has 0 radical (unpaired) electrons. The summed E-state index contributed by atoms with van der Waals surface area (Å²) >= 11 is 0. The van der Waals surface area contributed by atoms with E-state index in [0.29, 0.717) is 12.2 Å². The first-order valence-corrected chi connectivity index (χ1v) is 6.25. The average molecular weight is 285 g/mol. The molecular formula is C14H21ClN2O2. The Kier molecular flexibility index (Phi) is 4.82. The predicted octanol–water partition coefficient (Wildman–Crippen LogP) is 2.37. The van der Waals surface area contributed by atoms with Gasteiger partial charge < -0.3 is 15.7 Å². The maximum Gasteiger partial charge on any atom is 0.231 e. The molecule has 2 rings (SSSR count). The zero-order valence-corrected chi connectivity index (χ0v) is 12.4. The molecule has 0 aliphatic carbocycles. The molecule has 1 aliphatic rings. The monoisotopic (exact) mass is 284 g/mol. The summed E-state index contributed by atoms with van der Waals surface area (Å²) in [6, 6.07) is 3.65. The van der Waals surface area contributed by atoms with E-state index < -0.39 is 0 Å². The Morgan fingerprint density at radius 2 is 2.11 bits per heavy atom. The highest BCUT2D eigenvalue weighted by atomic mass is 35.5. The summed E-state index contributed by atoms with van der Waals surface area (Å²) < 4.78 is 0. The van der Waals surface area contributed by atoms with Crippen LogP contribution < -0.4 is 10.6 Å². The second-order valence-corrected chi connectivity index (χ2v) is 5.35. The van der Waals surface area contributed by atoms with Crippen LogP contribution in [0.3, 0.4) is 0 Å². The maximum atomic E-state index is 12.3.